The molecule has 0 unspecified atom stereocenters. The van der Waals surface area contributed by atoms with E-state index in [-0.39, 0.29) is 0 Å². The van der Waals surface area contributed by atoms with Crippen LogP contribution >= 0.6 is 0 Å². The van der Waals surface area contributed by atoms with Crippen molar-refractivity contribution >= 4 is 29.5 Å². The van der Waals surface area contributed by atoms with Crippen LogP contribution in [0.3, 0.4) is 0 Å². The van der Waals surface area contributed by atoms with E-state index in [2.05, 4.69) is 26.6 Å². The van der Waals surface area contributed by atoms with E-state index in [1.54, 1.807) is 0 Å². The van der Waals surface area contributed by atoms with Crippen LogP contribution < -0.4 is 26.6 Å². The Morgan fingerprint density at radius 2 is 0.520 bits per heavy atom. The molecule has 0 radical (unpaired) electrons. The zero-order chi connectivity index (χ0) is 92.1. The number of carbonyl (C=O) groups excluding carboxylic acids is 5. The Balaban J connectivity index is 1.02. The summed E-state index contributed by atoms with van der Waals surface area (Å²) in [5, 5.41) is 304. The minimum atomic E-state index is -2.63. The molecule has 0 aromatic carbocycles. The van der Waals surface area contributed by atoms with Gasteiger partial charge in [0.25, 0.3) is 0 Å². The van der Waals surface area contributed by atoms with E-state index in [0.717, 1.165) is 34.6 Å². The second kappa shape index (κ2) is 44.9. The predicted octanol–water partition coefficient (Wildman–Crippen LogP) is -21.1. The van der Waals surface area contributed by atoms with Gasteiger partial charge in [0.2, 0.25) is 29.5 Å². The third-order valence-electron chi connectivity index (χ3n) is 22.8. The summed E-state index contributed by atoms with van der Waals surface area (Å²) < 4.78 is 114. The first kappa shape index (κ1) is 103. The molecule has 55 heteroatoms. The summed E-state index contributed by atoms with van der Waals surface area (Å²) in [5.41, 5.74) is 0. The van der Waals surface area contributed by atoms with Crippen molar-refractivity contribution in [3.8, 4) is 0 Å². The van der Waals surface area contributed by atoms with E-state index in [4.69, 9.17) is 90.0 Å². The molecule has 0 spiro atoms. The summed E-state index contributed by atoms with van der Waals surface area (Å²) in [6, 6.07) is -9.48. The smallest absolute Gasteiger partial charge is 0.217 e. The van der Waals surface area contributed by atoms with E-state index in [0.29, 0.717) is 0 Å². The lowest BCUT2D eigenvalue weighted by molar-refractivity contribution is -0.399. The van der Waals surface area contributed by atoms with Crippen LogP contribution in [0.1, 0.15) is 41.5 Å². The van der Waals surface area contributed by atoms with E-state index >= 15 is 0 Å². The number of aliphatic hydroxyl groups excluding tert-OH is 26. The van der Waals surface area contributed by atoms with Gasteiger partial charge in [-0.25, -0.2) is 0 Å². The summed E-state index contributed by atoms with van der Waals surface area (Å²) in [5.74, 6) is -4.65. The Bertz CT molecular complexity index is 3420. The van der Waals surface area contributed by atoms with Gasteiger partial charge in [-0.1, -0.05) is 0 Å². The molecule has 125 heavy (non-hydrogen) atoms. The second-order valence-corrected chi connectivity index (χ2v) is 31.7. The molecule has 0 saturated carbocycles. The van der Waals surface area contributed by atoms with Crippen molar-refractivity contribution in [1.29, 1.82) is 0 Å². The summed E-state index contributed by atoms with van der Waals surface area (Å²) in [6.45, 7) is -4.14. The summed E-state index contributed by atoms with van der Waals surface area (Å²) >= 11 is 0. The molecular weight excluding hydrogens is 1710 g/mol. The van der Waals surface area contributed by atoms with Crippen LogP contribution in [-0.2, 0) is 114 Å². The summed E-state index contributed by atoms with van der Waals surface area (Å²) in [4.78, 5) is 64.4. The van der Waals surface area contributed by atoms with Gasteiger partial charge in [0.15, 0.2) is 62.9 Å². The fourth-order valence-electron chi connectivity index (χ4n) is 16.2. The number of carbonyl (C=O) groups is 5. The van der Waals surface area contributed by atoms with Crippen molar-refractivity contribution in [2.24, 2.45) is 0 Å². The molecule has 10 heterocycles. The Kier molecular flexibility index (Phi) is 36.8. The highest BCUT2D eigenvalue weighted by Gasteiger charge is 2.62. The minimum absolute atomic E-state index is 0.850. The van der Waals surface area contributed by atoms with Crippen molar-refractivity contribution in [2.45, 2.75) is 348 Å². The minimum Gasteiger partial charge on any atom is -0.394 e. The number of hydrogen-bond acceptors (Lipinski definition) is 50. The maximum atomic E-state index is 13.3. The normalized spacial score (nSPS) is 48.7. The quantitative estimate of drug-likeness (QED) is 0.0297. The summed E-state index contributed by atoms with van der Waals surface area (Å²) in [6.07, 6.45) is -94.3. The molecule has 31 N–H and O–H groups in total. The van der Waals surface area contributed by atoms with Gasteiger partial charge in [0.1, 0.15) is 238 Å². The lowest BCUT2D eigenvalue weighted by Gasteiger charge is -2.51. The van der Waals surface area contributed by atoms with Crippen LogP contribution in [0, 0.1) is 0 Å². The van der Waals surface area contributed by atoms with Crippen molar-refractivity contribution in [3.63, 3.8) is 0 Å². The lowest BCUT2D eigenvalue weighted by Crippen LogP contribution is -2.71. The van der Waals surface area contributed by atoms with Crippen LogP contribution in [-0.4, -0.2) is 529 Å². The van der Waals surface area contributed by atoms with Crippen LogP contribution in [0.5, 0.6) is 0 Å². The molecule has 0 aromatic rings. The highest BCUT2D eigenvalue weighted by Crippen LogP contribution is 2.41. The maximum Gasteiger partial charge on any atom is 0.217 e. The molecule has 10 saturated heterocycles. The molecule has 10 aliphatic heterocycles. The first-order valence-corrected chi connectivity index (χ1v) is 40.0. The molecule has 10 fully saturated rings. The zero-order valence-corrected chi connectivity index (χ0v) is 67.7. The first-order valence-electron chi connectivity index (χ1n) is 40.0. The largest absolute Gasteiger partial charge is 0.394 e. The molecule has 0 aliphatic carbocycles. The molecule has 55 nitrogen and oxygen atoms in total. The average molecular weight is 1830 g/mol. The number of rotatable bonds is 32. The van der Waals surface area contributed by atoms with Crippen LogP contribution in [0.15, 0.2) is 0 Å². The van der Waals surface area contributed by atoms with E-state index < -0.39 is 396 Å². The lowest BCUT2D eigenvalue weighted by atomic mass is 9.93. The highest BCUT2D eigenvalue weighted by atomic mass is 16.8. The van der Waals surface area contributed by atoms with Crippen molar-refractivity contribution in [3.05, 3.63) is 0 Å². The molecule has 0 aromatic heterocycles. The van der Waals surface area contributed by atoms with Crippen LogP contribution in [0.2, 0.25) is 0 Å². The van der Waals surface area contributed by atoms with Gasteiger partial charge in [-0.2, -0.15) is 0 Å². The molecule has 5 amide bonds. The third-order valence-corrected chi connectivity index (χ3v) is 22.8. The second-order valence-electron chi connectivity index (χ2n) is 31.7. The maximum absolute atomic E-state index is 13.3. The van der Waals surface area contributed by atoms with Gasteiger partial charge in [-0.05, 0) is 6.92 Å². The van der Waals surface area contributed by atoms with Gasteiger partial charge < -0.3 is 249 Å². The first-order chi connectivity index (χ1) is 59.1. The number of nitrogens with one attached hydrogen (secondary N) is 5. The van der Waals surface area contributed by atoms with E-state index in [1.807, 2.05) is 0 Å². The van der Waals surface area contributed by atoms with Gasteiger partial charge in [0, 0.05) is 34.6 Å². The molecule has 10 rings (SSSR count). The Morgan fingerprint density at radius 1 is 0.224 bits per heavy atom. The molecular formula is C70H117N5O50. The predicted molar refractivity (Wildman–Crippen MR) is 386 cm³/mol. The van der Waals surface area contributed by atoms with Crippen LogP contribution in [0.25, 0.3) is 0 Å². The van der Waals surface area contributed by atoms with Crippen molar-refractivity contribution in [1.82, 2.24) is 26.6 Å². The molecule has 722 valence electrons. The highest BCUT2D eigenvalue weighted by molar-refractivity contribution is 5.75. The fraction of sp³-hybridized carbons (Fsp3) is 0.929. The molecule has 0 bridgehead atoms. The topological polar surface area (TPSA) is 847 Å². The third kappa shape index (κ3) is 23.1. The van der Waals surface area contributed by atoms with Gasteiger partial charge in [-0.3, -0.25) is 24.0 Å². The van der Waals surface area contributed by atoms with Crippen molar-refractivity contribution in [2.75, 3.05) is 59.5 Å². The summed E-state index contributed by atoms with van der Waals surface area (Å²) in [7, 11) is 0. The van der Waals surface area contributed by atoms with Crippen molar-refractivity contribution < 1.29 is 247 Å². The van der Waals surface area contributed by atoms with Gasteiger partial charge >= 0.3 is 0 Å². The Morgan fingerprint density at radius 3 is 1.01 bits per heavy atom. The Hall–Kier alpha value is -4.45. The number of amides is 5. The van der Waals surface area contributed by atoms with Gasteiger partial charge in [0.05, 0.1) is 65.6 Å². The average Bonchev–Trinajstić information content (AvgIpc) is 0.761. The van der Waals surface area contributed by atoms with E-state index in [9.17, 15) is 157 Å². The van der Waals surface area contributed by atoms with Gasteiger partial charge in [-0.15, -0.1) is 0 Å². The SMILES string of the molecule is CC(=O)N[C@@H]1[C@@H](O)[C@H](O[C@@H]2O[C@H](CO)[C@@H](O[C@@H]3O[C@H](CO[C@H]4O[C@H](CO)[C@@H](O[C@@H]5O[C@H](CO)[C@@H](O)[C@H](O[C@@H]6O[C@H](CO)[C@H](O)[C@H](O)[C@H]6O)[C@H]5NC(C)=O)[C@H](O)[C@@H]4O[C@@H]4O[C@H](CO)[C@@H](O)[C@H](O)[C@H]4NC(C)=O)[C@@H](O)[C@H](O[C@H]4O[C@H](CO)[C@@H](O)[C@H](O)[C@@H]4O[C@@H]4O[C@H](CO)[C@@H](O)[C@H](O)[C@H]4NC(C)=O)[C@@H]3O)[C@H](O)[C@H]2NC(C)=O)[C@@H](CO[C@@H]2O[C@@H](C)[C@@H](O)[C@@H](O)[C@@H]2O)O[C@H]1O. The standard InChI is InChI=1S/C70H117N5O50/c1-16-36(88)47(99)50(102)66(109-16)107-15-30-56(45(97)31(61(106)110-30)71-17(2)83)120-64-34(74-20(5)86)46(98)54(27(12-81)116-64)121-68-53(105)58(123-70-59(49(101)40(92)25(10-79)115-70)124-62-32(72-18(3)84)43(95)37(89)22(7-76)111-62)42(94)29(118-68)14-108-69-60(125-63-33(73-19(4)85)44(96)38(90)23(8-77)112-63)52(104)55(28(13-82)117-69)119-65-35(75-21(6)87)57(41(93)26(11-80)113-65)122-67-51(103)48(100)39(91)24(9-78)114-67/h16,22-70,76-82,88-106H,7-15H2,1-6H3,(H,71,83)(H,72,84)(H,73,85)(H,74,86)(H,75,87)/t16-,22+,23+,24+,25+,26+,27+,28+,29+,30+,31+,32+,33+,34+,35+,36+,37+,38+,39-,40+,41+,42+,43+,44+,45+,46+,47+,48-,49-,50-,51+,52-,53-,54+,55+,56+,57+,58-,59-,60-,61+,62-,63-,64-,65-,66+,67-,68-,69-,70+/m0/s1. The fourth-order valence-corrected chi connectivity index (χ4v) is 16.2. The number of ether oxygens (including phenoxy) is 19. The monoisotopic (exact) mass is 1830 g/mol. The molecule has 10 aliphatic rings. The Labute approximate surface area is 708 Å². The molecule has 50 atom stereocenters. The zero-order valence-electron chi connectivity index (χ0n) is 67.7. The number of aliphatic hydroxyl groups is 26. The van der Waals surface area contributed by atoms with Crippen LogP contribution in [0.4, 0.5) is 0 Å². The van der Waals surface area contributed by atoms with E-state index in [1.165, 1.54) is 6.92 Å². The number of hydrogen-bond donors (Lipinski definition) is 31.